The third-order valence-corrected chi connectivity index (χ3v) is 3.16. The van der Waals surface area contributed by atoms with Gasteiger partial charge < -0.3 is 10.5 Å². The molecule has 3 heteroatoms. The van der Waals surface area contributed by atoms with E-state index in [1.165, 1.54) is 12.2 Å². The van der Waals surface area contributed by atoms with Crippen molar-refractivity contribution in [3.8, 4) is 5.75 Å². The molecule has 0 amide bonds. The number of nitrogens with two attached hydrogens (primary N) is 1. The van der Waals surface area contributed by atoms with E-state index in [0.717, 1.165) is 23.7 Å². The minimum Gasteiger partial charge on any atom is -0.493 e. The molecule has 1 rings (SSSR count). The highest BCUT2D eigenvalue weighted by molar-refractivity contribution is 7.99. The van der Waals surface area contributed by atoms with Gasteiger partial charge in [0.1, 0.15) is 5.75 Å². The number of rotatable bonds is 7. The van der Waals surface area contributed by atoms with Crippen LogP contribution in [0.15, 0.2) is 24.3 Å². The van der Waals surface area contributed by atoms with Crippen LogP contribution in [0.5, 0.6) is 5.75 Å². The first kappa shape index (κ1) is 12.4. The van der Waals surface area contributed by atoms with Crippen molar-refractivity contribution in [2.45, 2.75) is 19.9 Å². The summed E-state index contributed by atoms with van der Waals surface area (Å²) in [5.41, 5.74) is 6.65. The molecule has 2 N–H and O–H groups in total. The molecule has 0 radical (unpaired) electrons. The monoisotopic (exact) mass is 225 g/mol. The van der Waals surface area contributed by atoms with Crippen LogP contribution in [0, 0.1) is 0 Å². The van der Waals surface area contributed by atoms with Gasteiger partial charge in [-0.3, -0.25) is 0 Å². The zero-order valence-electron chi connectivity index (χ0n) is 9.24. The molecule has 0 fully saturated rings. The molecule has 0 aromatic heterocycles. The van der Waals surface area contributed by atoms with E-state index in [2.05, 4.69) is 6.92 Å². The first-order valence-electron chi connectivity index (χ1n) is 5.36. The fraction of sp³-hybridized carbons (Fsp3) is 0.500. The van der Waals surface area contributed by atoms with E-state index in [1.807, 2.05) is 36.0 Å². The van der Waals surface area contributed by atoms with Crippen LogP contribution < -0.4 is 10.5 Å². The van der Waals surface area contributed by atoms with Crippen molar-refractivity contribution in [3.63, 3.8) is 0 Å². The summed E-state index contributed by atoms with van der Waals surface area (Å²) in [6.45, 7) is 3.57. The smallest absolute Gasteiger partial charge is 0.119 e. The molecule has 2 nitrogen and oxygen atoms in total. The van der Waals surface area contributed by atoms with E-state index in [9.17, 15) is 0 Å². The Morgan fingerprint density at radius 3 is 2.53 bits per heavy atom. The molecule has 0 bridgehead atoms. The Hall–Kier alpha value is -0.670. The maximum atomic E-state index is 5.59. The molecule has 0 saturated carbocycles. The van der Waals surface area contributed by atoms with E-state index in [0.29, 0.717) is 6.54 Å². The predicted octanol–water partition coefficient (Wildman–Crippen LogP) is 2.67. The van der Waals surface area contributed by atoms with Crippen LogP contribution in [0.1, 0.15) is 18.9 Å². The van der Waals surface area contributed by atoms with Gasteiger partial charge in [0.15, 0.2) is 0 Å². The lowest BCUT2D eigenvalue weighted by atomic mass is 10.2. The molecule has 0 aliphatic rings. The average molecular weight is 225 g/mol. The van der Waals surface area contributed by atoms with Crippen molar-refractivity contribution in [2.24, 2.45) is 5.73 Å². The van der Waals surface area contributed by atoms with Gasteiger partial charge >= 0.3 is 0 Å². The quantitative estimate of drug-likeness (QED) is 0.725. The Kier molecular flexibility index (Phi) is 6.28. The second-order valence-electron chi connectivity index (χ2n) is 3.31. The van der Waals surface area contributed by atoms with Crippen LogP contribution in [0.2, 0.25) is 0 Å². The number of ether oxygens (including phenoxy) is 1. The van der Waals surface area contributed by atoms with E-state index in [1.54, 1.807) is 0 Å². The zero-order valence-corrected chi connectivity index (χ0v) is 10.1. The van der Waals surface area contributed by atoms with Crippen LogP contribution in [0.3, 0.4) is 0 Å². The summed E-state index contributed by atoms with van der Waals surface area (Å²) in [5.74, 6) is 3.21. The van der Waals surface area contributed by atoms with Crippen LogP contribution >= 0.6 is 11.8 Å². The molecule has 0 heterocycles. The number of hydrogen-bond acceptors (Lipinski definition) is 3. The SMILES string of the molecule is CCCSCCOc1ccc(CN)cc1. The van der Waals surface area contributed by atoms with Gasteiger partial charge in [0.25, 0.3) is 0 Å². The number of thioether (sulfide) groups is 1. The second kappa shape index (κ2) is 7.60. The van der Waals surface area contributed by atoms with Gasteiger partial charge in [-0.15, -0.1) is 0 Å². The lowest BCUT2D eigenvalue weighted by Crippen LogP contribution is -2.01. The molecule has 0 unspecified atom stereocenters. The van der Waals surface area contributed by atoms with Crippen LogP contribution in [0.4, 0.5) is 0 Å². The summed E-state index contributed by atoms with van der Waals surface area (Å²) in [6.07, 6.45) is 1.23. The van der Waals surface area contributed by atoms with Gasteiger partial charge in [0.05, 0.1) is 6.61 Å². The van der Waals surface area contributed by atoms with Gasteiger partial charge in [0.2, 0.25) is 0 Å². The second-order valence-corrected chi connectivity index (χ2v) is 4.53. The predicted molar refractivity (Wildman–Crippen MR) is 67.4 cm³/mol. The first-order valence-corrected chi connectivity index (χ1v) is 6.52. The number of benzene rings is 1. The van der Waals surface area contributed by atoms with Gasteiger partial charge in [-0.2, -0.15) is 11.8 Å². The molecule has 1 aromatic carbocycles. The average Bonchev–Trinajstić information content (AvgIpc) is 2.30. The van der Waals surface area contributed by atoms with Crippen LogP contribution in [-0.4, -0.2) is 18.1 Å². The maximum absolute atomic E-state index is 5.59. The van der Waals surface area contributed by atoms with Crippen LogP contribution in [0.25, 0.3) is 0 Å². The first-order chi connectivity index (χ1) is 7.36. The Bertz CT molecular complexity index is 261. The summed E-state index contributed by atoms with van der Waals surface area (Å²) in [7, 11) is 0. The molecular formula is C12H19NOS. The Labute approximate surface area is 96.2 Å². The highest BCUT2D eigenvalue weighted by Crippen LogP contribution is 2.12. The lowest BCUT2D eigenvalue weighted by Gasteiger charge is -2.06. The summed E-state index contributed by atoms with van der Waals surface area (Å²) in [6, 6.07) is 7.97. The molecule has 0 aliphatic carbocycles. The molecule has 0 spiro atoms. The fourth-order valence-electron chi connectivity index (χ4n) is 1.19. The largest absolute Gasteiger partial charge is 0.493 e. The normalized spacial score (nSPS) is 10.3. The summed E-state index contributed by atoms with van der Waals surface area (Å²) < 4.78 is 5.59. The summed E-state index contributed by atoms with van der Waals surface area (Å²) in [5, 5.41) is 0. The molecule has 0 saturated heterocycles. The van der Waals surface area contributed by atoms with E-state index < -0.39 is 0 Å². The third kappa shape index (κ3) is 5.09. The van der Waals surface area contributed by atoms with E-state index in [-0.39, 0.29) is 0 Å². The minimum atomic E-state index is 0.590. The van der Waals surface area contributed by atoms with E-state index in [4.69, 9.17) is 10.5 Å². The summed E-state index contributed by atoms with van der Waals surface area (Å²) in [4.78, 5) is 0. The molecule has 15 heavy (non-hydrogen) atoms. The third-order valence-electron chi connectivity index (χ3n) is 2.00. The maximum Gasteiger partial charge on any atom is 0.119 e. The highest BCUT2D eigenvalue weighted by atomic mass is 32.2. The Balaban J connectivity index is 2.20. The van der Waals surface area contributed by atoms with Crippen molar-refractivity contribution in [1.82, 2.24) is 0 Å². The van der Waals surface area contributed by atoms with Crippen LogP contribution in [-0.2, 0) is 6.54 Å². The fourth-order valence-corrected chi connectivity index (χ4v) is 1.88. The minimum absolute atomic E-state index is 0.590. The number of hydrogen-bond donors (Lipinski definition) is 1. The molecular weight excluding hydrogens is 206 g/mol. The van der Waals surface area contributed by atoms with Crippen molar-refractivity contribution >= 4 is 11.8 Å². The molecule has 84 valence electrons. The van der Waals surface area contributed by atoms with Crippen molar-refractivity contribution in [3.05, 3.63) is 29.8 Å². The van der Waals surface area contributed by atoms with E-state index >= 15 is 0 Å². The Morgan fingerprint density at radius 1 is 1.20 bits per heavy atom. The topological polar surface area (TPSA) is 35.2 Å². The van der Waals surface area contributed by atoms with Gasteiger partial charge in [-0.25, -0.2) is 0 Å². The van der Waals surface area contributed by atoms with Crippen molar-refractivity contribution in [1.29, 1.82) is 0 Å². The summed E-state index contributed by atoms with van der Waals surface area (Å²) >= 11 is 1.94. The van der Waals surface area contributed by atoms with Gasteiger partial charge in [0, 0.05) is 12.3 Å². The standard InChI is InChI=1S/C12H19NOS/c1-2-8-15-9-7-14-12-5-3-11(10-13)4-6-12/h3-6H,2,7-10,13H2,1H3. The lowest BCUT2D eigenvalue weighted by molar-refractivity contribution is 0.344. The van der Waals surface area contributed by atoms with Gasteiger partial charge in [-0.05, 0) is 29.9 Å². The van der Waals surface area contributed by atoms with Crippen molar-refractivity contribution < 1.29 is 4.74 Å². The van der Waals surface area contributed by atoms with Gasteiger partial charge in [-0.1, -0.05) is 19.1 Å². The zero-order chi connectivity index (χ0) is 10.9. The molecule has 0 aliphatic heterocycles. The Morgan fingerprint density at radius 2 is 1.93 bits per heavy atom. The van der Waals surface area contributed by atoms with Crippen molar-refractivity contribution in [2.75, 3.05) is 18.1 Å². The highest BCUT2D eigenvalue weighted by Gasteiger charge is 1.94. The molecule has 1 aromatic rings. The molecule has 0 atom stereocenters.